The van der Waals surface area contributed by atoms with E-state index in [2.05, 4.69) is 36.0 Å². The standard InChI is InChI=1S/C16H22N2O/c1-18-11-8-12-13(18)6-7-14(19-2)15(12)16(17)9-4-3-5-10-16/h6-8,11H,3-5,9-10,17H2,1-2H3. The number of ether oxygens (including phenoxy) is 1. The Labute approximate surface area is 114 Å². The molecule has 1 aliphatic rings. The first-order valence-electron chi connectivity index (χ1n) is 7.07. The van der Waals surface area contributed by atoms with Gasteiger partial charge in [0.15, 0.2) is 0 Å². The molecule has 1 aromatic heterocycles. The van der Waals surface area contributed by atoms with Gasteiger partial charge in [-0.25, -0.2) is 0 Å². The maximum absolute atomic E-state index is 6.74. The van der Waals surface area contributed by atoms with Crippen LogP contribution in [0.15, 0.2) is 24.4 Å². The average Bonchev–Trinajstić information content (AvgIpc) is 2.80. The highest BCUT2D eigenvalue weighted by Crippen LogP contribution is 2.43. The number of aryl methyl sites for hydroxylation is 1. The molecule has 102 valence electrons. The summed E-state index contributed by atoms with van der Waals surface area (Å²) in [5.41, 5.74) is 8.94. The van der Waals surface area contributed by atoms with Gasteiger partial charge >= 0.3 is 0 Å². The molecule has 0 atom stereocenters. The van der Waals surface area contributed by atoms with Gasteiger partial charge in [-0.3, -0.25) is 0 Å². The Kier molecular flexibility index (Phi) is 3.02. The fourth-order valence-electron chi connectivity index (χ4n) is 3.45. The summed E-state index contributed by atoms with van der Waals surface area (Å²) in [7, 11) is 3.81. The minimum Gasteiger partial charge on any atom is -0.496 e. The predicted molar refractivity (Wildman–Crippen MR) is 78.4 cm³/mol. The molecule has 1 heterocycles. The number of nitrogens with two attached hydrogens (primary N) is 1. The normalized spacial score (nSPS) is 18.7. The molecule has 3 rings (SSSR count). The van der Waals surface area contributed by atoms with Crippen LogP contribution in [0.1, 0.15) is 37.7 Å². The third kappa shape index (κ3) is 1.93. The van der Waals surface area contributed by atoms with Gasteiger partial charge in [0.1, 0.15) is 5.75 Å². The molecule has 0 amide bonds. The number of aromatic nitrogens is 1. The number of hydrogen-bond donors (Lipinski definition) is 1. The Bertz CT molecular complexity index is 594. The smallest absolute Gasteiger partial charge is 0.124 e. The lowest BCUT2D eigenvalue weighted by Crippen LogP contribution is -2.39. The first-order valence-corrected chi connectivity index (χ1v) is 7.07. The third-order valence-electron chi connectivity index (χ3n) is 4.49. The molecule has 0 spiro atoms. The Morgan fingerprint density at radius 2 is 1.89 bits per heavy atom. The van der Waals surface area contributed by atoms with Crippen molar-refractivity contribution < 1.29 is 4.74 Å². The van der Waals surface area contributed by atoms with Gasteiger partial charge in [-0.05, 0) is 31.0 Å². The van der Waals surface area contributed by atoms with Crippen LogP contribution >= 0.6 is 0 Å². The monoisotopic (exact) mass is 258 g/mol. The van der Waals surface area contributed by atoms with Crippen molar-refractivity contribution in [1.82, 2.24) is 4.57 Å². The molecular formula is C16H22N2O. The lowest BCUT2D eigenvalue weighted by Gasteiger charge is -2.35. The van der Waals surface area contributed by atoms with E-state index >= 15 is 0 Å². The van der Waals surface area contributed by atoms with Crippen molar-refractivity contribution in [2.24, 2.45) is 12.8 Å². The second-order valence-electron chi connectivity index (χ2n) is 5.72. The van der Waals surface area contributed by atoms with Crippen LogP contribution in [-0.4, -0.2) is 11.7 Å². The molecule has 1 aliphatic carbocycles. The molecule has 1 aromatic carbocycles. The average molecular weight is 258 g/mol. The van der Waals surface area contributed by atoms with Crippen molar-refractivity contribution in [3.05, 3.63) is 30.0 Å². The molecule has 3 nitrogen and oxygen atoms in total. The number of nitrogens with zero attached hydrogens (tertiary/aromatic N) is 1. The lowest BCUT2D eigenvalue weighted by atomic mass is 9.76. The minimum absolute atomic E-state index is 0.232. The van der Waals surface area contributed by atoms with Gasteiger partial charge in [0, 0.05) is 35.2 Å². The van der Waals surface area contributed by atoms with Crippen LogP contribution in [0.3, 0.4) is 0 Å². The second-order valence-corrected chi connectivity index (χ2v) is 5.72. The maximum Gasteiger partial charge on any atom is 0.124 e. The van der Waals surface area contributed by atoms with E-state index in [0.29, 0.717) is 0 Å². The molecule has 0 unspecified atom stereocenters. The predicted octanol–water partition coefficient (Wildman–Crippen LogP) is 3.31. The Morgan fingerprint density at radius 1 is 1.16 bits per heavy atom. The first kappa shape index (κ1) is 12.5. The quantitative estimate of drug-likeness (QED) is 0.897. The van der Waals surface area contributed by atoms with Gasteiger partial charge < -0.3 is 15.0 Å². The highest BCUT2D eigenvalue weighted by atomic mass is 16.5. The molecule has 19 heavy (non-hydrogen) atoms. The van der Waals surface area contributed by atoms with E-state index in [0.717, 1.165) is 18.6 Å². The number of fused-ring (bicyclic) bond motifs is 1. The Balaban J connectivity index is 2.24. The number of rotatable bonds is 2. The van der Waals surface area contributed by atoms with E-state index in [9.17, 15) is 0 Å². The topological polar surface area (TPSA) is 40.2 Å². The van der Waals surface area contributed by atoms with E-state index < -0.39 is 0 Å². The molecular weight excluding hydrogens is 236 g/mol. The number of hydrogen-bond acceptors (Lipinski definition) is 2. The van der Waals surface area contributed by atoms with Gasteiger partial charge in [0.25, 0.3) is 0 Å². The summed E-state index contributed by atoms with van der Waals surface area (Å²) in [4.78, 5) is 0. The molecule has 1 saturated carbocycles. The summed E-state index contributed by atoms with van der Waals surface area (Å²) >= 11 is 0. The van der Waals surface area contributed by atoms with Gasteiger partial charge in [-0.2, -0.15) is 0 Å². The zero-order chi connectivity index (χ0) is 13.5. The van der Waals surface area contributed by atoms with Gasteiger partial charge in [0.2, 0.25) is 0 Å². The van der Waals surface area contributed by atoms with Gasteiger partial charge in [-0.15, -0.1) is 0 Å². The first-order chi connectivity index (χ1) is 9.15. The molecule has 0 aliphatic heterocycles. The third-order valence-corrected chi connectivity index (χ3v) is 4.49. The molecule has 1 fully saturated rings. The number of benzene rings is 1. The van der Waals surface area contributed by atoms with Crippen molar-refractivity contribution in [1.29, 1.82) is 0 Å². The van der Waals surface area contributed by atoms with Crippen LogP contribution in [0.4, 0.5) is 0 Å². The summed E-state index contributed by atoms with van der Waals surface area (Å²) in [5, 5.41) is 1.24. The largest absolute Gasteiger partial charge is 0.496 e. The highest BCUT2D eigenvalue weighted by Gasteiger charge is 2.34. The SMILES string of the molecule is COc1ccc2c(ccn2C)c1C1(N)CCCCC1. The summed E-state index contributed by atoms with van der Waals surface area (Å²) in [6.07, 6.45) is 7.92. The fourth-order valence-corrected chi connectivity index (χ4v) is 3.45. The summed E-state index contributed by atoms with van der Waals surface area (Å²) in [5.74, 6) is 0.933. The van der Waals surface area contributed by atoms with E-state index in [1.54, 1.807) is 7.11 Å². The molecule has 0 radical (unpaired) electrons. The van der Waals surface area contributed by atoms with E-state index in [1.165, 1.54) is 35.7 Å². The Hall–Kier alpha value is -1.48. The number of methoxy groups -OCH3 is 1. The summed E-state index contributed by atoms with van der Waals surface area (Å²) in [6, 6.07) is 6.33. The van der Waals surface area contributed by atoms with Crippen LogP contribution in [0.25, 0.3) is 10.9 Å². The lowest BCUT2D eigenvalue weighted by molar-refractivity contribution is 0.291. The molecule has 0 saturated heterocycles. The molecule has 3 heteroatoms. The van der Waals surface area contributed by atoms with Crippen molar-refractivity contribution in [2.45, 2.75) is 37.6 Å². The zero-order valence-electron chi connectivity index (χ0n) is 11.8. The zero-order valence-corrected chi connectivity index (χ0v) is 11.8. The van der Waals surface area contributed by atoms with Gasteiger partial charge in [0.05, 0.1) is 7.11 Å². The van der Waals surface area contributed by atoms with Crippen LogP contribution in [0.2, 0.25) is 0 Å². The van der Waals surface area contributed by atoms with Gasteiger partial charge in [-0.1, -0.05) is 19.3 Å². The maximum atomic E-state index is 6.74. The Morgan fingerprint density at radius 3 is 2.58 bits per heavy atom. The van der Waals surface area contributed by atoms with Crippen LogP contribution < -0.4 is 10.5 Å². The van der Waals surface area contributed by atoms with E-state index in [1.807, 2.05) is 0 Å². The molecule has 2 aromatic rings. The van der Waals surface area contributed by atoms with Crippen LogP contribution in [0, 0.1) is 0 Å². The van der Waals surface area contributed by atoms with Crippen LogP contribution in [-0.2, 0) is 12.6 Å². The molecule has 2 N–H and O–H groups in total. The fraction of sp³-hybridized carbons (Fsp3) is 0.500. The van der Waals surface area contributed by atoms with E-state index in [4.69, 9.17) is 10.5 Å². The molecule has 0 bridgehead atoms. The minimum atomic E-state index is -0.232. The van der Waals surface area contributed by atoms with Crippen molar-refractivity contribution in [2.75, 3.05) is 7.11 Å². The summed E-state index contributed by atoms with van der Waals surface area (Å²) in [6.45, 7) is 0. The van der Waals surface area contributed by atoms with E-state index in [-0.39, 0.29) is 5.54 Å². The second kappa shape index (κ2) is 4.57. The van der Waals surface area contributed by atoms with Crippen molar-refractivity contribution in [3.8, 4) is 5.75 Å². The van der Waals surface area contributed by atoms with Crippen LogP contribution in [0.5, 0.6) is 5.75 Å². The van der Waals surface area contributed by atoms with Crippen molar-refractivity contribution >= 4 is 10.9 Å². The highest BCUT2D eigenvalue weighted by molar-refractivity contribution is 5.87. The summed E-state index contributed by atoms with van der Waals surface area (Å²) < 4.78 is 7.74. The van der Waals surface area contributed by atoms with Crippen molar-refractivity contribution in [3.63, 3.8) is 0 Å².